The Labute approximate surface area is 170 Å². The number of hydrogen-bond donors (Lipinski definition) is 1. The highest BCUT2D eigenvalue weighted by molar-refractivity contribution is 7.15. The summed E-state index contributed by atoms with van der Waals surface area (Å²) in [4.78, 5) is 17.7. The molecule has 0 saturated carbocycles. The minimum Gasteiger partial charge on any atom is -0.497 e. The van der Waals surface area contributed by atoms with Crippen LogP contribution in [0.1, 0.15) is 10.4 Å². The van der Waals surface area contributed by atoms with Crippen molar-refractivity contribution >= 4 is 28.2 Å². The maximum absolute atomic E-state index is 12.7. The van der Waals surface area contributed by atoms with Crippen molar-refractivity contribution in [1.82, 2.24) is 14.6 Å². The minimum atomic E-state index is -0.355. The summed E-state index contributed by atoms with van der Waals surface area (Å²) in [5.41, 5.74) is 2.23. The van der Waals surface area contributed by atoms with Crippen LogP contribution in [0.3, 0.4) is 0 Å². The molecular weight excluding hydrogens is 392 g/mol. The van der Waals surface area contributed by atoms with Gasteiger partial charge in [-0.2, -0.15) is 4.98 Å². The standard InChI is InChI=1S/C20H18N4O4S/c1-26-14-6-4-12(5-7-14)17-11-29-20-22-19(23-24(17)20)21-18(25)13-8-15(27-2)10-16(9-13)28-3/h4-11H,1-3H3,(H,21,23,25). The molecule has 0 bridgehead atoms. The summed E-state index contributed by atoms with van der Waals surface area (Å²) in [6.07, 6.45) is 0. The third-order valence-corrected chi connectivity index (χ3v) is 5.12. The van der Waals surface area contributed by atoms with Crippen molar-refractivity contribution in [3.8, 4) is 28.5 Å². The number of ether oxygens (including phenoxy) is 3. The summed E-state index contributed by atoms with van der Waals surface area (Å²) in [6.45, 7) is 0. The van der Waals surface area contributed by atoms with Crippen LogP contribution in [0.5, 0.6) is 17.2 Å². The Kier molecular flexibility index (Phi) is 5.05. The number of rotatable bonds is 6. The van der Waals surface area contributed by atoms with Gasteiger partial charge in [-0.25, -0.2) is 4.52 Å². The van der Waals surface area contributed by atoms with Crippen molar-refractivity contribution in [2.45, 2.75) is 0 Å². The van der Waals surface area contributed by atoms with Crippen LogP contribution in [0.15, 0.2) is 47.8 Å². The molecule has 0 aliphatic rings. The number of methoxy groups -OCH3 is 3. The van der Waals surface area contributed by atoms with Crippen LogP contribution in [0.4, 0.5) is 5.95 Å². The number of thiazole rings is 1. The summed E-state index contributed by atoms with van der Waals surface area (Å²) in [7, 11) is 4.69. The third-order valence-electron chi connectivity index (χ3n) is 4.31. The molecule has 9 heteroatoms. The van der Waals surface area contributed by atoms with E-state index in [4.69, 9.17) is 14.2 Å². The van der Waals surface area contributed by atoms with E-state index in [0.29, 0.717) is 22.0 Å². The predicted molar refractivity (Wildman–Crippen MR) is 110 cm³/mol. The number of anilines is 1. The van der Waals surface area contributed by atoms with Gasteiger partial charge in [-0.1, -0.05) is 0 Å². The van der Waals surface area contributed by atoms with E-state index in [0.717, 1.165) is 17.0 Å². The topological polar surface area (TPSA) is 87.0 Å². The molecule has 0 radical (unpaired) electrons. The Morgan fingerprint density at radius 2 is 1.62 bits per heavy atom. The predicted octanol–water partition coefficient (Wildman–Crippen LogP) is 3.74. The number of carbonyl (C=O) groups excluding carboxylic acids is 1. The molecule has 4 aromatic rings. The van der Waals surface area contributed by atoms with Crippen LogP contribution >= 0.6 is 11.3 Å². The highest BCUT2D eigenvalue weighted by atomic mass is 32.1. The van der Waals surface area contributed by atoms with Gasteiger partial charge in [-0.05, 0) is 36.4 Å². The van der Waals surface area contributed by atoms with Gasteiger partial charge in [0, 0.05) is 22.6 Å². The van der Waals surface area contributed by atoms with Gasteiger partial charge in [0.15, 0.2) is 0 Å². The fraction of sp³-hybridized carbons (Fsp3) is 0.150. The Hall–Kier alpha value is -3.59. The van der Waals surface area contributed by atoms with Crippen LogP contribution < -0.4 is 19.5 Å². The largest absolute Gasteiger partial charge is 0.497 e. The van der Waals surface area contributed by atoms with Gasteiger partial charge in [-0.15, -0.1) is 16.4 Å². The number of benzene rings is 2. The lowest BCUT2D eigenvalue weighted by Gasteiger charge is -2.07. The van der Waals surface area contributed by atoms with E-state index in [9.17, 15) is 4.79 Å². The first-order chi connectivity index (χ1) is 14.1. The molecule has 0 atom stereocenters. The second kappa shape index (κ2) is 7.80. The van der Waals surface area contributed by atoms with Gasteiger partial charge in [0.25, 0.3) is 11.9 Å². The first-order valence-electron chi connectivity index (χ1n) is 8.64. The lowest BCUT2D eigenvalue weighted by atomic mass is 10.2. The Bertz CT molecular complexity index is 1140. The summed E-state index contributed by atoms with van der Waals surface area (Å²) in [5.74, 6) is 1.69. The molecule has 29 heavy (non-hydrogen) atoms. The number of nitrogens with one attached hydrogen (secondary N) is 1. The third kappa shape index (κ3) is 3.72. The summed E-state index contributed by atoms with van der Waals surface area (Å²) in [6, 6.07) is 12.6. The maximum atomic E-state index is 12.7. The quantitative estimate of drug-likeness (QED) is 0.521. The fourth-order valence-corrected chi connectivity index (χ4v) is 3.64. The lowest BCUT2D eigenvalue weighted by molar-refractivity contribution is 0.102. The average molecular weight is 410 g/mol. The molecule has 1 amide bonds. The maximum Gasteiger partial charge on any atom is 0.258 e. The number of amides is 1. The Balaban J connectivity index is 1.60. The Morgan fingerprint density at radius 3 is 2.24 bits per heavy atom. The van der Waals surface area contributed by atoms with Gasteiger partial charge in [-0.3, -0.25) is 10.1 Å². The zero-order valence-corrected chi connectivity index (χ0v) is 16.8. The van der Waals surface area contributed by atoms with Crippen molar-refractivity contribution in [2.75, 3.05) is 26.6 Å². The monoisotopic (exact) mass is 410 g/mol. The normalized spacial score (nSPS) is 10.7. The molecule has 0 fully saturated rings. The number of carbonyl (C=O) groups is 1. The molecule has 1 N–H and O–H groups in total. The van der Waals surface area contributed by atoms with Crippen molar-refractivity contribution in [3.63, 3.8) is 0 Å². The van der Waals surface area contributed by atoms with E-state index in [-0.39, 0.29) is 11.9 Å². The Morgan fingerprint density at radius 1 is 0.966 bits per heavy atom. The van der Waals surface area contributed by atoms with E-state index >= 15 is 0 Å². The zero-order chi connectivity index (χ0) is 20.4. The molecule has 4 rings (SSSR count). The van der Waals surface area contributed by atoms with Gasteiger partial charge in [0.2, 0.25) is 4.96 Å². The number of aromatic nitrogens is 3. The molecule has 2 aromatic carbocycles. The number of fused-ring (bicyclic) bond motifs is 1. The van der Waals surface area contributed by atoms with Gasteiger partial charge >= 0.3 is 0 Å². The van der Waals surface area contributed by atoms with E-state index < -0.39 is 0 Å². The number of hydrogen-bond acceptors (Lipinski definition) is 7. The molecule has 0 aliphatic carbocycles. The summed E-state index contributed by atoms with van der Waals surface area (Å²) < 4.78 is 17.3. The van der Waals surface area contributed by atoms with E-state index in [2.05, 4.69) is 15.4 Å². The molecule has 2 heterocycles. The van der Waals surface area contributed by atoms with Gasteiger partial charge in [0.1, 0.15) is 17.2 Å². The van der Waals surface area contributed by atoms with E-state index in [1.807, 2.05) is 29.6 Å². The number of nitrogens with zero attached hydrogens (tertiary/aromatic N) is 3. The van der Waals surface area contributed by atoms with Crippen molar-refractivity contribution in [2.24, 2.45) is 0 Å². The van der Waals surface area contributed by atoms with Crippen LogP contribution in [0.25, 0.3) is 16.2 Å². The molecule has 2 aromatic heterocycles. The van der Waals surface area contributed by atoms with Crippen molar-refractivity contribution in [3.05, 3.63) is 53.4 Å². The molecule has 0 aliphatic heterocycles. The van der Waals surface area contributed by atoms with Gasteiger partial charge in [0.05, 0.1) is 27.0 Å². The molecule has 0 saturated heterocycles. The van der Waals surface area contributed by atoms with Crippen LogP contribution in [-0.2, 0) is 0 Å². The van der Waals surface area contributed by atoms with Crippen molar-refractivity contribution in [1.29, 1.82) is 0 Å². The van der Waals surface area contributed by atoms with Crippen LogP contribution in [-0.4, -0.2) is 41.8 Å². The highest BCUT2D eigenvalue weighted by Gasteiger charge is 2.16. The molecule has 148 valence electrons. The second-order valence-corrected chi connectivity index (χ2v) is 6.87. The van der Waals surface area contributed by atoms with Crippen LogP contribution in [0.2, 0.25) is 0 Å². The van der Waals surface area contributed by atoms with E-state index in [1.165, 1.54) is 25.6 Å². The van der Waals surface area contributed by atoms with Crippen molar-refractivity contribution < 1.29 is 19.0 Å². The SMILES string of the molecule is COc1ccc(-c2csc3nc(NC(=O)c4cc(OC)cc(OC)c4)nn23)cc1. The second-order valence-electron chi connectivity index (χ2n) is 6.03. The first-order valence-corrected chi connectivity index (χ1v) is 9.52. The summed E-state index contributed by atoms with van der Waals surface area (Å²) in [5, 5.41) is 9.13. The smallest absolute Gasteiger partial charge is 0.258 e. The fourth-order valence-electron chi connectivity index (χ4n) is 2.81. The highest BCUT2D eigenvalue weighted by Crippen LogP contribution is 2.28. The summed E-state index contributed by atoms with van der Waals surface area (Å²) >= 11 is 1.44. The van der Waals surface area contributed by atoms with Crippen LogP contribution in [0, 0.1) is 0 Å². The molecule has 8 nitrogen and oxygen atoms in total. The molecule has 0 spiro atoms. The lowest BCUT2D eigenvalue weighted by Crippen LogP contribution is -2.13. The molecular formula is C20H18N4O4S. The zero-order valence-electron chi connectivity index (χ0n) is 16.0. The average Bonchev–Trinajstić information content (AvgIpc) is 3.33. The molecule has 0 unspecified atom stereocenters. The van der Waals surface area contributed by atoms with Gasteiger partial charge < -0.3 is 14.2 Å². The minimum absolute atomic E-state index is 0.221. The van der Waals surface area contributed by atoms with E-state index in [1.54, 1.807) is 29.8 Å². The first kappa shape index (κ1) is 18.8.